The van der Waals surface area contributed by atoms with Gasteiger partial charge in [-0.05, 0) is 54.8 Å². The number of carbonyl (C=O) groups excluding carboxylic acids is 1. The van der Waals surface area contributed by atoms with Crippen LogP contribution in [-0.4, -0.2) is 33.6 Å². The van der Waals surface area contributed by atoms with E-state index in [1.807, 2.05) is 30.3 Å². The molecule has 3 aromatic rings. The number of nitrogens with zero attached hydrogens (tertiary/aromatic N) is 1. The molecule has 1 unspecified atom stereocenters. The van der Waals surface area contributed by atoms with Gasteiger partial charge in [-0.3, -0.25) is 4.90 Å². The third kappa shape index (κ3) is 4.32. The Morgan fingerprint density at radius 1 is 1.00 bits per heavy atom. The summed E-state index contributed by atoms with van der Waals surface area (Å²) >= 11 is 0. The Balaban J connectivity index is 1.67. The van der Waals surface area contributed by atoms with Crippen molar-refractivity contribution < 1.29 is 29.2 Å². The van der Waals surface area contributed by atoms with Crippen molar-refractivity contribution in [3.05, 3.63) is 89.7 Å². The maximum Gasteiger partial charge on any atom is 0.415 e. The number of amides is 1. The lowest BCUT2D eigenvalue weighted by Gasteiger charge is -2.28. The number of aliphatic hydroxyl groups is 1. The number of phenols is 2. The molecule has 1 amide bonds. The largest absolute Gasteiger partial charge is 0.508 e. The van der Waals surface area contributed by atoms with Crippen LogP contribution in [0.25, 0.3) is 0 Å². The van der Waals surface area contributed by atoms with Gasteiger partial charge in [0.15, 0.2) is 6.10 Å². The lowest BCUT2D eigenvalue weighted by atomic mass is 9.93. The molecule has 3 atom stereocenters. The molecule has 31 heavy (non-hydrogen) atoms. The van der Waals surface area contributed by atoms with E-state index in [0.29, 0.717) is 24.1 Å². The predicted molar refractivity (Wildman–Crippen MR) is 112 cm³/mol. The van der Waals surface area contributed by atoms with Gasteiger partial charge in [0.2, 0.25) is 0 Å². The average Bonchev–Trinajstić information content (AvgIpc) is 3.10. The van der Waals surface area contributed by atoms with Crippen molar-refractivity contribution in [1.29, 1.82) is 0 Å². The van der Waals surface area contributed by atoms with Gasteiger partial charge in [0.05, 0.1) is 6.10 Å². The summed E-state index contributed by atoms with van der Waals surface area (Å²) < 4.78 is 19.0. The summed E-state index contributed by atoms with van der Waals surface area (Å²) in [5, 5.41) is 31.0. The molecule has 1 aliphatic rings. The molecule has 0 radical (unpaired) electrons. The van der Waals surface area contributed by atoms with E-state index in [0.717, 1.165) is 11.6 Å². The Morgan fingerprint density at radius 2 is 1.71 bits per heavy atom. The molecule has 4 rings (SSSR count). The lowest BCUT2D eigenvalue weighted by Crippen LogP contribution is -2.35. The molecule has 0 bridgehead atoms. The van der Waals surface area contributed by atoms with E-state index < -0.39 is 30.2 Å². The maximum atomic E-state index is 13.4. The molecule has 0 spiro atoms. The number of rotatable bonds is 6. The van der Waals surface area contributed by atoms with Crippen molar-refractivity contribution >= 4 is 11.8 Å². The first kappa shape index (κ1) is 20.7. The highest BCUT2D eigenvalue weighted by molar-refractivity contribution is 5.91. The summed E-state index contributed by atoms with van der Waals surface area (Å²) in [4.78, 5) is 14.1. The van der Waals surface area contributed by atoms with Crippen LogP contribution in [0.3, 0.4) is 0 Å². The smallest absolute Gasteiger partial charge is 0.415 e. The first-order chi connectivity index (χ1) is 14.9. The number of anilines is 1. The van der Waals surface area contributed by atoms with Crippen LogP contribution in [-0.2, 0) is 11.2 Å². The highest BCUT2D eigenvalue weighted by atomic mass is 19.1. The van der Waals surface area contributed by atoms with Gasteiger partial charge < -0.3 is 20.1 Å². The van der Waals surface area contributed by atoms with E-state index in [4.69, 9.17) is 4.74 Å². The Bertz CT molecular complexity index is 1060. The zero-order chi connectivity index (χ0) is 22.0. The molecular weight excluding hydrogens is 401 g/mol. The van der Waals surface area contributed by atoms with Crippen LogP contribution in [0.4, 0.5) is 14.9 Å². The maximum absolute atomic E-state index is 13.4. The summed E-state index contributed by atoms with van der Waals surface area (Å²) in [6.45, 7) is 0. The second-order valence-corrected chi connectivity index (χ2v) is 7.47. The quantitative estimate of drug-likeness (QED) is 0.550. The van der Waals surface area contributed by atoms with Crippen molar-refractivity contribution in [3.63, 3.8) is 0 Å². The zero-order valence-electron chi connectivity index (χ0n) is 16.6. The van der Waals surface area contributed by atoms with Crippen molar-refractivity contribution in [2.75, 3.05) is 4.90 Å². The molecular formula is C24H22FNO5. The van der Waals surface area contributed by atoms with Crippen LogP contribution in [0.15, 0.2) is 72.8 Å². The van der Waals surface area contributed by atoms with E-state index in [1.54, 1.807) is 0 Å². The monoisotopic (exact) mass is 423 g/mol. The van der Waals surface area contributed by atoms with Gasteiger partial charge in [-0.2, -0.15) is 0 Å². The molecule has 1 heterocycles. The minimum Gasteiger partial charge on any atom is -0.508 e. The number of benzene rings is 3. The van der Waals surface area contributed by atoms with Crippen LogP contribution in [0, 0.1) is 5.82 Å². The molecule has 160 valence electrons. The number of aryl methyl sites for hydroxylation is 1. The third-order valence-corrected chi connectivity index (χ3v) is 5.41. The van der Waals surface area contributed by atoms with Gasteiger partial charge in [0.1, 0.15) is 23.4 Å². The number of hydrogen-bond donors (Lipinski definition) is 3. The predicted octanol–water partition coefficient (Wildman–Crippen LogP) is 4.30. The number of carbonyl (C=O) groups is 1. The lowest BCUT2D eigenvalue weighted by molar-refractivity contribution is 0.0143. The van der Waals surface area contributed by atoms with E-state index in [2.05, 4.69) is 0 Å². The average molecular weight is 423 g/mol. The van der Waals surface area contributed by atoms with E-state index in [9.17, 15) is 24.5 Å². The zero-order valence-corrected chi connectivity index (χ0v) is 16.6. The molecule has 7 heteroatoms. The van der Waals surface area contributed by atoms with Crippen LogP contribution >= 0.6 is 0 Å². The molecule has 3 N–H and O–H groups in total. The Labute approximate surface area is 178 Å². The summed E-state index contributed by atoms with van der Waals surface area (Å²) in [7, 11) is 0. The van der Waals surface area contributed by atoms with Crippen molar-refractivity contribution in [2.24, 2.45) is 0 Å². The topological polar surface area (TPSA) is 90.2 Å². The Hall–Kier alpha value is -3.58. The summed E-state index contributed by atoms with van der Waals surface area (Å²) in [5.41, 5.74) is 1.70. The second-order valence-electron chi connectivity index (χ2n) is 7.47. The number of phenolic OH excluding ortho intramolecular Hbond substituents is 2. The molecule has 0 aromatic heterocycles. The molecule has 3 aromatic carbocycles. The molecule has 0 saturated carbocycles. The van der Waals surface area contributed by atoms with Gasteiger partial charge in [-0.25, -0.2) is 9.18 Å². The minimum absolute atomic E-state index is 0.138. The van der Waals surface area contributed by atoms with Crippen LogP contribution in [0.5, 0.6) is 11.5 Å². The van der Waals surface area contributed by atoms with Gasteiger partial charge in [-0.15, -0.1) is 0 Å². The van der Waals surface area contributed by atoms with Crippen molar-refractivity contribution in [1.82, 2.24) is 0 Å². The number of aliphatic hydroxyl groups excluding tert-OH is 1. The first-order valence-electron chi connectivity index (χ1n) is 9.93. The van der Waals surface area contributed by atoms with Crippen LogP contribution in [0.2, 0.25) is 0 Å². The molecule has 1 aliphatic heterocycles. The highest BCUT2D eigenvalue weighted by Crippen LogP contribution is 2.43. The Morgan fingerprint density at radius 3 is 2.39 bits per heavy atom. The summed E-state index contributed by atoms with van der Waals surface area (Å²) in [6, 6.07) is 18.1. The SMILES string of the molecule is O=C1OC([C@H](O)CCc2ccccc2)[C@@H](c2ccc(O)cc2O)N1c1ccc(F)cc1. The van der Waals surface area contributed by atoms with Gasteiger partial charge >= 0.3 is 6.09 Å². The first-order valence-corrected chi connectivity index (χ1v) is 9.93. The van der Waals surface area contributed by atoms with Crippen LogP contribution < -0.4 is 4.90 Å². The molecule has 0 aliphatic carbocycles. The number of cyclic esters (lactones) is 1. The number of ether oxygens (including phenoxy) is 1. The Kier molecular flexibility index (Phi) is 5.77. The van der Waals surface area contributed by atoms with Gasteiger partial charge in [-0.1, -0.05) is 30.3 Å². The second kappa shape index (κ2) is 8.65. The highest BCUT2D eigenvalue weighted by Gasteiger charge is 2.47. The van der Waals surface area contributed by atoms with Crippen molar-refractivity contribution in [2.45, 2.75) is 31.1 Å². The molecule has 1 fully saturated rings. The standard InChI is InChI=1S/C24H22FNO5/c25-16-7-9-17(10-8-16)26-22(19-12-11-18(27)14-21(19)29)23(31-24(26)30)20(28)13-6-15-4-2-1-3-5-15/h1-5,7-12,14,20,22-23,27-29H,6,13H2/t20-,22-,23?/m1/s1. The number of aromatic hydroxyl groups is 2. The van der Waals surface area contributed by atoms with E-state index in [-0.39, 0.29) is 11.5 Å². The fourth-order valence-corrected chi connectivity index (χ4v) is 3.88. The summed E-state index contributed by atoms with van der Waals surface area (Å²) in [6.07, 6.45) is -1.81. The van der Waals surface area contributed by atoms with Crippen LogP contribution in [0.1, 0.15) is 23.6 Å². The third-order valence-electron chi connectivity index (χ3n) is 5.41. The normalized spacial score (nSPS) is 19.3. The minimum atomic E-state index is -1.02. The van der Waals surface area contributed by atoms with E-state index >= 15 is 0 Å². The van der Waals surface area contributed by atoms with Crippen molar-refractivity contribution in [3.8, 4) is 11.5 Å². The molecule has 6 nitrogen and oxygen atoms in total. The fourth-order valence-electron chi connectivity index (χ4n) is 3.88. The number of hydrogen-bond acceptors (Lipinski definition) is 5. The summed E-state index contributed by atoms with van der Waals surface area (Å²) in [5.74, 6) is -0.837. The van der Waals surface area contributed by atoms with Gasteiger partial charge in [0, 0.05) is 17.3 Å². The van der Waals surface area contributed by atoms with E-state index in [1.165, 1.54) is 41.3 Å². The number of halogens is 1. The fraction of sp³-hybridized carbons (Fsp3) is 0.208. The van der Waals surface area contributed by atoms with Gasteiger partial charge in [0.25, 0.3) is 0 Å². The molecule has 1 saturated heterocycles.